The third-order valence-electron chi connectivity index (χ3n) is 3.29. The lowest BCUT2D eigenvalue weighted by Crippen LogP contribution is -2.34. The Hall–Kier alpha value is -1.56. The summed E-state index contributed by atoms with van der Waals surface area (Å²) in [5.41, 5.74) is 0.884. The Kier molecular flexibility index (Phi) is 5.64. The van der Waals surface area contributed by atoms with E-state index in [1.165, 1.54) is 6.07 Å². The lowest BCUT2D eigenvalue weighted by atomic mass is 10.1. The summed E-state index contributed by atoms with van der Waals surface area (Å²) in [6, 6.07) is 7.15. The summed E-state index contributed by atoms with van der Waals surface area (Å²) in [6.07, 6.45) is 3.11. The number of nitriles is 1. The van der Waals surface area contributed by atoms with E-state index in [-0.39, 0.29) is 5.56 Å². The van der Waals surface area contributed by atoms with E-state index in [1.807, 2.05) is 12.1 Å². The Morgan fingerprint density at radius 3 is 2.67 bits per heavy atom. The Morgan fingerprint density at radius 1 is 1.39 bits per heavy atom. The maximum Gasteiger partial charge on any atom is 0.143 e. The van der Waals surface area contributed by atoms with Crippen molar-refractivity contribution in [1.29, 1.82) is 5.26 Å². The average Bonchev–Trinajstić information content (AvgIpc) is 2.39. The minimum absolute atomic E-state index is 0.161. The summed E-state index contributed by atoms with van der Waals surface area (Å²) < 4.78 is 13.7. The molecule has 0 heterocycles. The van der Waals surface area contributed by atoms with Crippen molar-refractivity contribution in [2.45, 2.75) is 46.1 Å². The van der Waals surface area contributed by atoms with Crippen LogP contribution in [0.15, 0.2) is 18.2 Å². The van der Waals surface area contributed by atoms with E-state index in [0.29, 0.717) is 6.04 Å². The van der Waals surface area contributed by atoms with Gasteiger partial charge in [-0.1, -0.05) is 26.3 Å². The molecule has 0 N–H and O–H groups in total. The molecule has 0 saturated carbocycles. The zero-order valence-corrected chi connectivity index (χ0v) is 11.4. The standard InChI is InChI=1S/C15H21FN2/c1-4-6-10-18(12(3)5-2)15-9-7-8-14(16)13(15)11-17/h7-9,12H,4-6,10H2,1-3H3. The Bertz CT molecular complexity index is 423. The van der Waals surface area contributed by atoms with Crippen LogP contribution in [0.4, 0.5) is 10.1 Å². The monoisotopic (exact) mass is 248 g/mol. The van der Waals surface area contributed by atoms with Gasteiger partial charge in [0.1, 0.15) is 17.4 Å². The number of unbranched alkanes of at least 4 members (excludes halogenated alkanes) is 1. The van der Waals surface area contributed by atoms with E-state index < -0.39 is 5.82 Å². The third kappa shape index (κ3) is 3.22. The highest BCUT2D eigenvalue weighted by Gasteiger charge is 2.18. The molecule has 0 radical (unpaired) electrons. The number of rotatable bonds is 6. The topological polar surface area (TPSA) is 27.0 Å². The lowest BCUT2D eigenvalue weighted by Gasteiger charge is -2.31. The molecule has 0 aliphatic rings. The van der Waals surface area contributed by atoms with Crippen LogP contribution in [0, 0.1) is 17.1 Å². The van der Waals surface area contributed by atoms with Crippen molar-refractivity contribution in [2.75, 3.05) is 11.4 Å². The highest BCUT2D eigenvalue weighted by atomic mass is 19.1. The van der Waals surface area contributed by atoms with Crippen LogP contribution < -0.4 is 4.90 Å². The van der Waals surface area contributed by atoms with Crippen molar-refractivity contribution in [3.8, 4) is 6.07 Å². The van der Waals surface area contributed by atoms with Gasteiger partial charge in [0, 0.05) is 12.6 Å². The smallest absolute Gasteiger partial charge is 0.143 e. The fraction of sp³-hybridized carbons (Fsp3) is 0.533. The van der Waals surface area contributed by atoms with Gasteiger partial charge < -0.3 is 4.90 Å². The third-order valence-corrected chi connectivity index (χ3v) is 3.29. The highest BCUT2D eigenvalue weighted by Crippen LogP contribution is 2.25. The van der Waals surface area contributed by atoms with Crippen molar-refractivity contribution in [1.82, 2.24) is 0 Å². The maximum atomic E-state index is 13.7. The summed E-state index contributed by atoms with van der Waals surface area (Å²) >= 11 is 0. The van der Waals surface area contributed by atoms with Crippen molar-refractivity contribution in [3.05, 3.63) is 29.6 Å². The van der Waals surface area contributed by atoms with Gasteiger partial charge in [0.15, 0.2) is 0 Å². The van der Waals surface area contributed by atoms with E-state index >= 15 is 0 Å². The number of nitrogens with zero attached hydrogens (tertiary/aromatic N) is 2. The molecule has 0 spiro atoms. The number of halogens is 1. The van der Waals surface area contributed by atoms with Gasteiger partial charge in [-0.25, -0.2) is 4.39 Å². The summed E-state index contributed by atoms with van der Waals surface area (Å²) in [5, 5.41) is 9.11. The number of hydrogen-bond acceptors (Lipinski definition) is 2. The zero-order valence-electron chi connectivity index (χ0n) is 11.4. The molecule has 0 saturated heterocycles. The van der Waals surface area contributed by atoms with Gasteiger partial charge in [0.25, 0.3) is 0 Å². The molecule has 1 aromatic carbocycles. The Morgan fingerprint density at radius 2 is 2.11 bits per heavy atom. The van der Waals surface area contributed by atoms with Crippen LogP contribution in [-0.4, -0.2) is 12.6 Å². The van der Waals surface area contributed by atoms with Crippen molar-refractivity contribution in [2.24, 2.45) is 0 Å². The number of hydrogen-bond donors (Lipinski definition) is 0. The number of anilines is 1. The largest absolute Gasteiger partial charge is 0.368 e. The van der Waals surface area contributed by atoms with Crippen molar-refractivity contribution >= 4 is 5.69 Å². The molecular formula is C15H21FN2. The number of benzene rings is 1. The lowest BCUT2D eigenvalue weighted by molar-refractivity contribution is 0.587. The first-order chi connectivity index (χ1) is 8.65. The van der Waals surface area contributed by atoms with Gasteiger partial charge in [0.05, 0.1) is 5.69 Å². The quantitative estimate of drug-likeness (QED) is 0.757. The van der Waals surface area contributed by atoms with Crippen LogP contribution in [0.3, 0.4) is 0 Å². The summed E-state index contributed by atoms with van der Waals surface area (Å²) in [5.74, 6) is -0.431. The SMILES string of the molecule is CCCCN(c1cccc(F)c1C#N)C(C)CC. The van der Waals surface area contributed by atoms with Crippen molar-refractivity contribution < 1.29 is 4.39 Å². The molecule has 1 rings (SSSR count). The molecule has 0 aromatic heterocycles. The second kappa shape index (κ2) is 7.00. The fourth-order valence-electron chi connectivity index (χ4n) is 1.99. The fourth-order valence-corrected chi connectivity index (χ4v) is 1.99. The first-order valence-electron chi connectivity index (χ1n) is 6.60. The molecule has 98 valence electrons. The minimum atomic E-state index is -0.431. The van der Waals surface area contributed by atoms with Gasteiger partial charge in [0.2, 0.25) is 0 Å². The van der Waals surface area contributed by atoms with Gasteiger partial charge in [-0.2, -0.15) is 5.26 Å². The summed E-state index contributed by atoms with van der Waals surface area (Å²) in [6.45, 7) is 7.21. The normalized spacial score (nSPS) is 11.9. The summed E-state index contributed by atoms with van der Waals surface area (Å²) in [7, 11) is 0. The van der Waals surface area contributed by atoms with Gasteiger partial charge in [-0.3, -0.25) is 0 Å². The molecule has 1 unspecified atom stereocenters. The molecule has 2 nitrogen and oxygen atoms in total. The Labute approximate surface area is 109 Å². The maximum absolute atomic E-state index is 13.7. The summed E-state index contributed by atoms with van der Waals surface area (Å²) in [4.78, 5) is 2.14. The molecule has 0 fully saturated rings. The van der Waals surface area contributed by atoms with Crippen LogP contribution >= 0.6 is 0 Å². The second-order valence-electron chi connectivity index (χ2n) is 4.55. The first kappa shape index (κ1) is 14.5. The van der Waals surface area contributed by atoms with E-state index in [2.05, 4.69) is 25.7 Å². The van der Waals surface area contributed by atoms with Crippen LogP contribution in [0.1, 0.15) is 45.6 Å². The van der Waals surface area contributed by atoms with E-state index in [9.17, 15) is 4.39 Å². The van der Waals surface area contributed by atoms with Crippen LogP contribution in [0.2, 0.25) is 0 Å². The molecule has 0 bridgehead atoms. The average molecular weight is 248 g/mol. The highest BCUT2D eigenvalue weighted by molar-refractivity contribution is 5.60. The van der Waals surface area contributed by atoms with E-state index in [1.54, 1.807) is 6.07 Å². The molecule has 0 aliphatic heterocycles. The van der Waals surface area contributed by atoms with Gasteiger partial charge >= 0.3 is 0 Å². The molecule has 1 atom stereocenters. The van der Waals surface area contributed by atoms with Crippen LogP contribution in [0.25, 0.3) is 0 Å². The second-order valence-corrected chi connectivity index (χ2v) is 4.55. The van der Waals surface area contributed by atoms with Crippen LogP contribution in [0.5, 0.6) is 0 Å². The van der Waals surface area contributed by atoms with Crippen molar-refractivity contribution in [3.63, 3.8) is 0 Å². The Balaban J connectivity index is 3.12. The zero-order chi connectivity index (χ0) is 13.5. The predicted octanol–water partition coefficient (Wildman–Crippen LogP) is 4.10. The predicted molar refractivity (Wildman–Crippen MR) is 73.1 cm³/mol. The first-order valence-corrected chi connectivity index (χ1v) is 6.60. The molecule has 0 amide bonds. The molecule has 0 aliphatic carbocycles. The molecule has 1 aromatic rings. The molecule has 3 heteroatoms. The minimum Gasteiger partial charge on any atom is -0.368 e. The van der Waals surface area contributed by atoms with Gasteiger partial charge in [-0.05, 0) is 31.9 Å². The molecular weight excluding hydrogens is 227 g/mol. The van der Waals surface area contributed by atoms with Crippen LogP contribution in [-0.2, 0) is 0 Å². The van der Waals surface area contributed by atoms with E-state index in [4.69, 9.17) is 5.26 Å². The molecule has 18 heavy (non-hydrogen) atoms. The van der Waals surface area contributed by atoms with E-state index in [0.717, 1.165) is 31.5 Å². The van der Waals surface area contributed by atoms with Gasteiger partial charge in [-0.15, -0.1) is 0 Å².